The molecule has 1 fully saturated rings. The van der Waals surface area contributed by atoms with Crippen molar-refractivity contribution in [3.8, 4) is 0 Å². The highest BCUT2D eigenvalue weighted by Crippen LogP contribution is 2.31. The van der Waals surface area contributed by atoms with Crippen molar-refractivity contribution in [3.63, 3.8) is 0 Å². The van der Waals surface area contributed by atoms with E-state index in [4.69, 9.17) is 0 Å². The maximum absolute atomic E-state index is 13.2. The first-order valence-corrected chi connectivity index (χ1v) is 13.9. The SMILES string of the molecule is C=CC(=O)Nc1nc(C)c(S(=O)(=O)N2CCN(CC(C)Nc3ncnc4c(C)csc34)CC2)s1. The molecule has 0 spiro atoms. The lowest BCUT2D eigenvalue weighted by Crippen LogP contribution is -2.50. The van der Waals surface area contributed by atoms with E-state index in [1.54, 1.807) is 24.6 Å². The molecule has 0 aromatic carbocycles. The number of sulfonamides is 1. The molecule has 4 heterocycles. The minimum absolute atomic E-state index is 0.128. The van der Waals surface area contributed by atoms with Crippen molar-refractivity contribution in [1.29, 1.82) is 0 Å². The molecule has 1 saturated heterocycles. The van der Waals surface area contributed by atoms with E-state index in [0.717, 1.165) is 45.6 Å². The Labute approximate surface area is 206 Å². The standard InChI is InChI=1S/C21H27N7O3S3/c1-5-16(29)26-21-25-15(4)20(33-21)34(30,31)28-8-6-27(7-9-28)10-14(3)24-19-18-17(22-12-23-19)13(2)11-32-18/h5,11-12,14H,1,6-10H2,2-4H3,(H,22,23,24)(H,25,26,29). The van der Waals surface area contributed by atoms with Gasteiger partial charge in [0.15, 0.2) is 9.34 Å². The van der Waals surface area contributed by atoms with Gasteiger partial charge in [0.05, 0.1) is 15.9 Å². The highest BCUT2D eigenvalue weighted by molar-refractivity contribution is 7.91. The van der Waals surface area contributed by atoms with Crippen LogP contribution in [-0.4, -0.2) is 77.2 Å². The van der Waals surface area contributed by atoms with Gasteiger partial charge < -0.3 is 5.32 Å². The van der Waals surface area contributed by atoms with Crippen molar-refractivity contribution in [3.05, 3.63) is 35.6 Å². The number of nitrogens with one attached hydrogen (secondary N) is 2. The molecule has 1 unspecified atom stereocenters. The molecular weight excluding hydrogens is 494 g/mol. The van der Waals surface area contributed by atoms with Gasteiger partial charge in [-0.05, 0) is 37.8 Å². The molecule has 182 valence electrons. The third kappa shape index (κ3) is 5.13. The van der Waals surface area contributed by atoms with Crippen molar-refractivity contribution >= 4 is 59.8 Å². The Kier molecular flexibility index (Phi) is 7.28. The Balaban J connectivity index is 1.35. The zero-order chi connectivity index (χ0) is 24.5. The van der Waals surface area contributed by atoms with E-state index in [9.17, 15) is 13.2 Å². The Hall–Kier alpha value is -2.45. The number of aryl methyl sites for hydroxylation is 2. The van der Waals surface area contributed by atoms with Gasteiger partial charge in [-0.15, -0.1) is 11.3 Å². The summed E-state index contributed by atoms with van der Waals surface area (Å²) >= 11 is 2.59. The molecule has 1 aliphatic rings. The third-order valence-corrected chi connectivity index (χ3v) is 10.2. The first-order chi connectivity index (χ1) is 16.2. The van der Waals surface area contributed by atoms with Gasteiger partial charge in [0.2, 0.25) is 5.91 Å². The molecule has 10 nitrogen and oxygen atoms in total. The number of carbonyl (C=O) groups excluding carboxylic acids is 1. The highest BCUT2D eigenvalue weighted by Gasteiger charge is 2.32. The summed E-state index contributed by atoms with van der Waals surface area (Å²) < 4.78 is 29.1. The van der Waals surface area contributed by atoms with E-state index >= 15 is 0 Å². The monoisotopic (exact) mass is 521 g/mol. The lowest BCUT2D eigenvalue weighted by atomic mass is 10.2. The van der Waals surface area contributed by atoms with Crippen LogP contribution in [0.2, 0.25) is 0 Å². The summed E-state index contributed by atoms with van der Waals surface area (Å²) in [6, 6.07) is 0.128. The number of hydrogen-bond acceptors (Lipinski definition) is 10. The Morgan fingerprint density at radius 2 is 2.00 bits per heavy atom. The topological polar surface area (TPSA) is 120 Å². The van der Waals surface area contributed by atoms with Gasteiger partial charge in [-0.3, -0.25) is 15.0 Å². The summed E-state index contributed by atoms with van der Waals surface area (Å²) in [6.45, 7) is 12.0. The van der Waals surface area contributed by atoms with E-state index < -0.39 is 15.9 Å². The fraction of sp³-hybridized carbons (Fsp3) is 0.429. The number of fused-ring (bicyclic) bond motifs is 1. The highest BCUT2D eigenvalue weighted by atomic mass is 32.2. The molecule has 3 aromatic heterocycles. The zero-order valence-electron chi connectivity index (χ0n) is 19.2. The van der Waals surface area contributed by atoms with E-state index in [0.29, 0.717) is 31.9 Å². The second-order valence-corrected chi connectivity index (χ2v) is 12.2. The molecule has 0 aliphatic carbocycles. The maximum atomic E-state index is 13.2. The molecule has 2 N–H and O–H groups in total. The number of thiazole rings is 1. The number of aromatic nitrogens is 3. The first kappa shape index (κ1) is 24.7. The van der Waals surface area contributed by atoms with Gasteiger partial charge in [-0.25, -0.2) is 23.4 Å². The van der Waals surface area contributed by atoms with Crippen LogP contribution in [-0.2, 0) is 14.8 Å². The van der Waals surface area contributed by atoms with Crippen LogP contribution in [0.1, 0.15) is 18.2 Å². The minimum atomic E-state index is -3.68. The lowest BCUT2D eigenvalue weighted by molar-refractivity contribution is -0.111. The van der Waals surface area contributed by atoms with Crippen LogP contribution < -0.4 is 10.6 Å². The molecule has 1 aliphatic heterocycles. The Morgan fingerprint density at radius 3 is 2.71 bits per heavy atom. The normalized spacial score (nSPS) is 16.4. The van der Waals surface area contributed by atoms with Crippen LogP contribution in [0.15, 0.2) is 28.6 Å². The number of nitrogens with zero attached hydrogens (tertiary/aromatic N) is 5. The first-order valence-electron chi connectivity index (χ1n) is 10.8. The molecule has 4 rings (SSSR count). The van der Waals surface area contributed by atoms with Gasteiger partial charge in [-0.1, -0.05) is 17.9 Å². The molecule has 0 bridgehead atoms. The largest absolute Gasteiger partial charge is 0.365 e. The van der Waals surface area contributed by atoms with E-state index in [1.165, 1.54) is 4.31 Å². The van der Waals surface area contributed by atoms with Crippen molar-refractivity contribution in [2.45, 2.75) is 31.0 Å². The van der Waals surface area contributed by atoms with Crippen LogP contribution in [0.25, 0.3) is 10.2 Å². The Morgan fingerprint density at radius 1 is 1.26 bits per heavy atom. The lowest BCUT2D eigenvalue weighted by Gasteiger charge is -2.35. The summed E-state index contributed by atoms with van der Waals surface area (Å²) in [6.07, 6.45) is 2.70. The van der Waals surface area contributed by atoms with Gasteiger partial charge in [0.25, 0.3) is 10.0 Å². The van der Waals surface area contributed by atoms with E-state index in [2.05, 4.69) is 49.4 Å². The Bertz CT molecular complexity index is 1310. The minimum Gasteiger partial charge on any atom is -0.365 e. The molecule has 1 atom stereocenters. The van der Waals surface area contributed by atoms with Crippen LogP contribution in [0.3, 0.4) is 0 Å². The molecular formula is C21H27N7O3S3. The zero-order valence-corrected chi connectivity index (χ0v) is 21.7. The quantitative estimate of drug-likeness (QED) is 0.434. The van der Waals surface area contributed by atoms with Crippen molar-refractivity contribution in [2.75, 3.05) is 43.4 Å². The molecule has 0 saturated carbocycles. The number of hydrogen-bond donors (Lipinski definition) is 2. The van der Waals surface area contributed by atoms with Gasteiger partial charge >= 0.3 is 0 Å². The second kappa shape index (κ2) is 10.0. The summed E-state index contributed by atoms with van der Waals surface area (Å²) in [5.41, 5.74) is 2.49. The van der Waals surface area contributed by atoms with Crippen molar-refractivity contribution < 1.29 is 13.2 Å². The smallest absolute Gasteiger partial charge is 0.254 e. The average molecular weight is 522 g/mol. The molecule has 34 heavy (non-hydrogen) atoms. The second-order valence-electron chi connectivity index (χ2n) is 8.15. The van der Waals surface area contributed by atoms with Gasteiger partial charge in [0, 0.05) is 38.8 Å². The van der Waals surface area contributed by atoms with E-state index in [1.807, 2.05) is 6.92 Å². The summed E-state index contributed by atoms with van der Waals surface area (Å²) in [5.74, 6) is 0.405. The number of amides is 1. The summed E-state index contributed by atoms with van der Waals surface area (Å²) in [5, 5.41) is 8.34. The fourth-order valence-electron chi connectivity index (χ4n) is 3.84. The summed E-state index contributed by atoms with van der Waals surface area (Å²) in [4.78, 5) is 26.7. The number of piperazine rings is 1. The van der Waals surface area contributed by atoms with Crippen molar-refractivity contribution in [1.82, 2.24) is 24.2 Å². The van der Waals surface area contributed by atoms with Crippen LogP contribution >= 0.6 is 22.7 Å². The molecule has 13 heteroatoms. The predicted octanol–water partition coefficient (Wildman–Crippen LogP) is 2.70. The maximum Gasteiger partial charge on any atom is 0.254 e. The fourth-order valence-corrected chi connectivity index (χ4v) is 7.77. The van der Waals surface area contributed by atoms with Crippen LogP contribution in [0.4, 0.5) is 10.9 Å². The third-order valence-electron chi connectivity index (χ3n) is 5.52. The molecule has 0 radical (unpaired) electrons. The summed E-state index contributed by atoms with van der Waals surface area (Å²) in [7, 11) is -3.68. The van der Waals surface area contributed by atoms with Crippen molar-refractivity contribution in [2.24, 2.45) is 0 Å². The number of carbonyl (C=O) groups is 1. The average Bonchev–Trinajstić information content (AvgIpc) is 3.37. The van der Waals surface area contributed by atoms with Crippen LogP contribution in [0, 0.1) is 13.8 Å². The molecule has 1 amide bonds. The number of rotatable bonds is 8. The van der Waals surface area contributed by atoms with Gasteiger partial charge in [-0.2, -0.15) is 4.31 Å². The number of thiophene rings is 1. The number of anilines is 2. The molecule has 3 aromatic rings. The van der Waals surface area contributed by atoms with Crippen LogP contribution in [0.5, 0.6) is 0 Å². The van der Waals surface area contributed by atoms with E-state index in [-0.39, 0.29) is 15.4 Å². The predicted molar refractivity (Wildman–Crippen MR) is 136 cm³/mol. The van der Waals surface area contributed by atoms with Gasteiger partial charge in [0.1, 0.15) is 12.1 Å².